The molecule has 0 spiro atoms. The summed E-state index contributed by atoms with van der Waals surface area (Å²) in [4.78, 5) is 0. The molecule has 0 fully saturated rings. The SMILES string of the molecule is C=C(C)/C(C)=C(\C=C(/C)C(=C)/C(CN)=C1/CCCc2c(C)ccc(C)c21)[C@@](S)(CC)C(C)=N. The van der Waals surface area contributed by atoms with Crippen molar-refractivity contribution in [3.8, 4) is 0 Å². The van der Waals surface area contributed by atoms with Crippen molar-refractivity contribution in [1.82, 2.24) is 0 Å². The molecule has 33 heavy (non-hydrogen) atoms. The Morgan fingerprint density at radius 2 is 1.73 bits per heavy atom. The van der Waals surface area contributed by atoms with Crippen molar-refractivity contribution in [3.05, 3.63) is 87.1 Å². The van der Waals surface area contributed by atoms with Gasteiger partial charge in [0.25, 0.3) is 0 Å². The highest BCUT2D eigenvalue weighted by atomic mass is 32.1. The number of rotatable bonds is 8. The number of benzene rings is 1. The molecule has 0 unspecified atom stereocenters. The lowest BCUT2D eigenvalue weighted by atomic mass is 9.78. The molecule has 3 N–H and O–H groups in total. The first kappa shape index (κ1) is 27.1. The number of hydrogen-bond donors (Lipinski definition) is 3. The molecule has 0 saturated carbocycles. The van der Waals surface area contributed by atoms with E-state index in [2.05, 4.69) is 66.0 Å². The molecule has 2 rings (SSSR count). The van der Waals surface area contributed by atoms with Crippen molar-refractivity contribution in [2.45, 2.75) is 78.9 Å². The Kier molecular flexibility index (Phi) is 8.95. The van der Waals surface area contributed by atoms with Gasteiger partial charge in [-0.15, -0.1) is 0 Å². The monoisotopic (exact) mass is 462 g/mol. The molecule has 1 aliphatic rings. The van der Waals surface area contributed by atoms with E-state index in [-0.39, 0.29) is 0 Å². The van der Waals surface area contributed by atoms with Gasteiger partial charge in [-0.1, -0.05) is 43.9 Å². The molecule has 178 valence electrons. The predicted octanol–water partition coefficient (Wildman–Crippen LogP) is 7.87. The van der Waals surface area contributed by atoms with E-state index in [4.69, 9.17) is 23.8 Å². The Balaban J connectivity index is 2.71. The highest BCUT2D eigenvalue weighted by molar-refractivity contribution is 7.83. The Labute approximate surface area is 207 Å². The normalized spacial score (nSPS) is 18.2. The largest absolute Gasteiger partial charge is 0.326 e. The van der Waals surface area contributed by atoms with E-state index in [9.17, 15) is 0 Å². The zero-order chi connectivity index (χ0) is 25.1. The van der Waals surface area contributed by atoms with Crippen LogP contribution < -0.4 is 5.73 Å². The minimum Gasteiger partial charge on any atom is -0.326 e. The second-order valence-corrected chi connectivity index (χ2v) is 10.3. The van der Waals surface area contributed by atoms with Crippen LogP contribution in [-0.4, -0.2) is 17.0 Å². The zero-order valence-corrected chi connectivity index (χ0v) is 22.6. The number of aryl methyl sites for hydroxylation is 2. The number of allylic oxidation sites excluding steroid dienone is 5. The van der Waals surface area contributed by atoms with E-state index in [1.165, 1.54) is 27.8 Å². The van der Waals surface area contributed by atoms with Crippen LogP contribution in [0, 0.1) is 19.3 Å². The third kappa shape index (κ3) is 5.36. The first-order chi connectivity index (χ1) is 15.4. The standard InChI is InChI=1S/C30H42N2S/c1-10-30(33,24(9)32)28(22(7)18(2)3)16-21(6)23(8)27(17-31)26-13-11-12-25-19(4)14-15-20(5)29(25)26/h14-16,32-33H,2,8,10-13,17,31H2,1,3-7,9H3/b21-16+,27-26-,28-22+,32-24?/t30-/m1/s1. The summed E-state index contributed by atoms with van der Waals surface area (Å²) in [5.41, 5.74) is 20.0. The molecule has 0 amide bonds. The van der Waals surface area contributed by atoms with Gasteiger partial charge >= 0.3 is 0 Å². The summed E-state index contributed by atoms with van der Waals surface area (Å²) in [6.07, 6.45) is 6.15. The highest BCUT2D eigenvalue weighted by Gasteiger charge is 2.32. The van der Waals surface area contributed by atoms with Crippen molar-refractivity contribution in [2.24, 2.45) is 5.73 Å². The van der Waals surface area contributed by atoms with Gasteiger partial charge in [0.2, 0.25) is 0 Å². The van der Waals surface area contributed by atoms with Crippen molar-refractivity contribution in [2.75, 3.05) is 6.54 Å². The summed E-state index contributed by atoms with van der Waals surface area (Å²) >= 11 is 4.99. The Morgan fingerprint density at radius 1 is 1.12 bits per heavy atom. The second-order valence-electron chi connectivity index (χ2n) is 9.53. The van der Waals surface area contributed by atoms with Crippen molar-refractivity contribution in [3.63, 3.8) is 0 Å². The molecular formula is C30H42N2S. The summed E-state index contributed by atoms with van der Waals surface area (Å²) in [5.74, 6) is 0. The Morgan fingerprint density at radius 3 is 2.24 bits per heavy atom. The quantitative estimate of drug-likeness (QED) is 0.205. The van der Waals surface area contributed by atoms with Gasteiger partial charge in [-0.25, -0.2) is 0 Å². The van der Waals surface area contributed by atoms with Crippen LogP contribution in [0.4, 0.5) is 0 Å². The predicted molar refractivity (Wildman–Crippen MR) is 151 cm³/mol. The maximum atomic E-state index is 8.45. The van der Waals surface area contributed by atoms with Crippen LogP contribution in [0.5, 0.6) is 0 Å². The number of nitrogens with one attached hydrogen (secondary N) is 1. The first-order valence-corrected chi connectivity index (χ1v) is 12.4. The lowest BCUT2D eigenvalue weighted by molar-refractivity contribution is 0.807. The zero-order valence-electron chi connectivity index (χ0n) is 21.7. The van der Waals surface area contributed by atoms with Crippen LogP contribution in [-0.2, 0) is 6.42 Å². The third-order valence-electron chi connectivity index (χ3n) is 7.30. The maximum absolute atomic E-state index is 8.45. The molecule has 0 heterocycles. The second kappa shape index (κ2) is 10.9. The van der Waals surface area contributed by atoms with E-state index < -0.39 is 4.75 Å². The van der Waals surface area contributed by atoms with Gasteiger partial charge in [-0.2, -0.15) is 12.6 Å². The molecule has 0 radical (unpaired) electrons. The van der Waals surface area contributed by atoms with Crippen molar-refractivity contribution in [1.29, 1.82) is 5.41 Å². The summed E-state index contributed by atoms with van der Waals surface area (Å²) < 4.78 is -0.647. The molecule has 3 heteroatoms. The average molecular weight is 463 g/mol. The van der Waals surface area contributed by atoms with Gasteiger partial charge in [0, 0.05) is 12.3 Å². The van der Waals surface area contributed by atoms with Gasteiger partial charge in [-0.05, 0) is 123 Å². The van der Waals surface area contributed by atoms with Gasteiger partial charge in [0.15, 0.2) is 0 Å². The Hall–Kier alpha value is -2.10. The summed E-state index contributed by atoms with van der Waals surface area (Å²) in [7, 11) is 0. The number of hydrogen-bond acceptors (Lipinski definition) is 3. The number of thiol groups is 1. The molecule has 1 aromatic rings. The minimum atomic E-state index is -0.647. The summed E-state index contributed by atoms with van der Waals surface area (Å²) in [5, 5.41) is 8.45. The number of fused-ring (bicyclic) bond motifs is 1. The molecule has 1 aliphatic carbocycles. The fourth-order valence-electron chi connectivity index (χ4n) is 4.88. The van der Waals surface area contributed by atoms with Crippen LogP contribution in [0.15, 0.2) is 64.8 Å². The smallest absolute Gasteiger partial charge is 0.0749 e. The molecule has 1 aromatic carbocycles. The van der Waals surface area contributed by atoms with Crippen LogP contribution in [0.3, 0.4) is 0 Å². The highest BCUT2D eigenvalue weighted by Crippen LogP contribution is 2.40. The molecular weight excluding hydrogens is 420 g/mol. The lowest BCUT2D eigenvalue weighted by Gasteiger charge is -2.31. The van der Waals surface area contributed by atoms with E-state index >= 15 is 0 Å². The Bertz CT molecular complexity index is 1080. The fraction of sp³-hybridized carbons (Fsp3) is 0.433. The third-order valence-corrected chi connectivity index (χ3v) is 8.19. The van der Waals surface area contributed by atoms with E-state index in [0.29, 0.717) is 12.3 Å². The lowest BCUT2D eigenvalue weighted by Crippen LogP contribution is -2.32. The summed E-state index contributed by atoms with van der Waals surface area (Å²) in [6, 6.07) is 4.45. The van der Waals surface area contributed by atoms with Crippen molar-refractivity contribution >= 4 is 23.9 Å². The van der Waals surface area contributed by atoms with Gasteiger partial charge in [-0.3, -0.25) is 0 Å². The summed E-state index contributed by atoms with van der Waals surface area (Å²) in [6.45, 7) is 23.6. The molecule has 1 atom stereocenters. The minimum absolute atomic E-state index is 0.452. The van der Waals surface area contributed by atoms with Gasteiger partial charge in [0.1, 0.15) is 0 Å². The van der Waals surface area contributed by atoms with Crippen LogP contribution in [0.25, 0.3) is 5.57 Å². The van der Waals surface area contributed by atoms with E-state index in [1.54, 1.807) is 0 Å². The van der Waals surface area contributed by atoms with Crippen LogP contribution in [0.1, 0.15) is 76.1 Å². The molecule has 0 aliphatic heterocycles. The van der Waals surface area contributed by atoms with Crippen LogP contribution in [0.2, 0.25) is 0 Å². The molecule has 0 aromatic heterocycles. The van der Waals surface area contributed by atoms with Crippen LogP contribution >= 0.6 is 12.6 Å². The average Bonchev–Trinajstić information content (AvgIpc) is 2.78. The van der Waals surface area contributed by atoms with Gasteiger partial charge in [0.05, 0.1) is 4.75 Å². The number of nitrogens with two attached hydrogens (primary N) is 1. The fourth-order valence-corrected chi connectivity index (χ4v) is 5.11. The van der Waals surface area contributed by atoms with E-state index in [0.717, 1.165) is 59.1 Å². The topological polar surface area (TPSA) is 49.9 Å². The molecule has 2 nitrogen and oxygen atoms in total. The molecule has 0 bridgehead atoms. The van der Waals surface area contributed by atoms with Gasteiger partial charge < -0.3 is 11.1 Å². The van der Waals surface area contributed by atoms with E-state index in [1.807, 2.05) is 13.8 Å². The molecule has 0 saturated heterocycles. The maximum Gasteiger partial charge on any atom is 0.0749 e. The first-order valence-electron chi connectivity index (χ1n) is 11.9. The van der Waals surface area contributed by atoms with Crippen molar-refractivity contribution < 1.29 is 0 Å².